The van der Waals surface area contributed by atoms with E-state index in [2.05, 4.69) is 0 Å². The van der Waals surface area contributed by atoms with E-state index in [-0.39, 0.29) is 30.9 Å². The maximum absolute atomic E-state index is 10.5. The maximum Gasteiger partial charge on any atom is 0.336 e. The van der Waals surface area contributed by atoms with Crippen molar-refractivity contribution in [3.05, 3.63) is 35.4 Å². The van der Waals surface area contributed by atoms with Crippen LogP contribution in [0.3, 0.4) is 0 Å². The SMILES string of the molecule is O=C(O)c1ccccc1C(=O)O.OCCN(CCO)CCO. The summed E-state index contributed by atoms with van der Waals surface area (Å²) in [4.78, 5) is 22.7. The third-order valence-electron chi connectivity index (χ3n) is 2.64. The van der Waals surface area contributed by atoms with Crippen molar-refractivity contribution in [2.45, 2.75) is 0 Å². The van der Waals surface area contributed by atoms with E-state index in [0.29, 0.717) is 19.6 Å². The number of aromatic carboxylic acids is 2. The van der Waals surface area contributed by atoms with Crippen molar-refractivity contribution in [2.24, 2.45) is 0 Å². The number of carbonyl (C=O) groups is 2. The number of benzene rings is 1. The van der Waals surface area contributed by atoms with Crippen molar-refractivity contribution >= 4 is 11.9 Å². The summed E-state index contributed by atoms with van der Waals surface area (Å²) in [5.74, 6) is -2.46. The van der Waals surface area contributed by atoms with Crippen LogP contribution in [0, 0.1) is 0 Å². The summed E-state index contributed by atoms with van der Waals surface area (Å²) in [6, 6.07) is 5.48. The number of aliphatic hydroxyl groups is 3. The van der Waals surface area contributed by atoms with Crippen LogP contribution in [-0.2, 0) is 0 Å². The number of aliphatic hydroxyl groups excluding tert-OH is 3. The summed E-state index contributed by atoms with van der Waals surface area (Å²) in [5.41, 5.74) is -0.380. The summed E-state index contributed by atoms with van der Waals surface area (Å²) in [6.45, 7) is 1.75. The van der Waals surface area contributed by atoms with Gasteiger partial charge in [0.05, 0.1) is 30.9 Å². The molecule has 0 heterocycles. The average molecular weight is 315 g/mol. The predicted octanol–water partition coefficient (Wildman–Crippen LogP) is -0.652. The Hall–Kier alpha value is -2.00. The number of nitrogens with zero attached hydrogens (tertiary/aromatic N) is 1. The molecule has 1 aromatic carbocycles. The Labute approximate surface area is 127 Å². The van der Waals surface area contributed by atoms with Gasteiger partial charge < -0.3 is 25.5 Å². The summed E-state index contributed by atoms with van der Waals surface area (Å²) in [6.07, 6.45) is 0. The van der Waals surface area contributed by atoms with Gasteiger partial charge in [-0.1, -0.05) is 12.1 Å². The van der Waals surface area contributed by atoms with Crippen LogP contribution in [0.2, 0.25) is 0 Å². The van der Waals surface area contributed by atoms with Crippen molar-refractivity contribution in [1.29, 1.82) is 0 Å². The largest absolute Gasteiger partial charge is 0.478 e. The minimum atomic E-state index is -1.23. The smallest absolute Gasteiger partial charge is 0.336 e. The fraction of sp³-hybridized carbons (Fsp3) is 0.429. The molecule has 0 aromatic heterocycles. The predicted molar refractivity (Wildman–Crippen MR) is 78.1 cm³/mol. The Kier molecular flexibility index (Phi) is 10.6. The lowest BCUT2D eigenvalue weighted by atomic mass is 10.1. The van der Waals surface area contributed by atoms with Gasteiger partial charge in [-0.3, -0.25) is 4.90 Å². The molecule has 0 radical (unpaired) electrons. The van der Waals surface area contributed by atoms with Gasteiger partial charge in [-0.15, -0.1) is 0 Å². The summed E-state index contributed by atoms with van der Waals surface area (Å²) >= 11 is 0. The van der Waals surface area contributed by atoms with Crippen LogP contribution in [0.1, 0.15) is 20.7 Å². The molecular formula is C14H21NO7. The van der Waals surface area contributed by atoms with Gasteiger partial charge in [0.25, 0.3) is 0 Å². The monoisotopic (exact) mass is 315 g/mol. The lowest BCUT2D eigenvalue weighted by Crippen LogP contribution is -2.32. The molecule has 1 aromatic rings. The molecule has 0 aliphatic carbocycles. The lowest BCUT2D eigenvalue weighted by molar-refractivity contribution is 0.0651. The van der Waals surface area contributed by atoms with Gasteiger partial charge >= 0.3 is 11.9 Å². The van der Waals surface area contributed by atoms with Gasteiger partial charge in [0.2, 0.25) is 0 Å². The van der Waals surface area contributed by atoms with Crippen LogP contribution in [0.5, 0.6) is 0 Å². The second-order valence-corrected chi connectivity index (χ2v) is 4.17. The minimum absolute atomic E-state index is 0.0694. The quantitative estimate of drug-likeness (QED) is 0.426. The molecular weight excluding hydrogens is 294 g/mol. The Morgan fingerprint density at radius 1 is 0.773 bits per heavy atom. The first-order chi connectivity index (χ1) is 10.5. The zero-order valence-corrected chi connectivity index (χ0v) is 12.1. The van der Waals surface area contributed by atoms with Crippen LogP contribution in [0.25, 0.3) is 0 Å². The molecule has 0 aliphatic rings. The van der Waals surface area contributed by atoms with Crippen molar-refractivity contribution in [3.63, 3.8) is 0 Å². The van der Waals surface area contributed by atoms with Crippen LogP contribution in [0.15, 0.2) is 24.3 Å². The molecule has 0 saturated carbocycles. The molecule has 0 unspecified atom stereocenters. The number of rotatable bonds is 8. The topological polar surface area (TPSA) is 139 Å². The number of carboxylic acids is 2. The van der Waals surface area contributed by atoms with Gasteiger partial charge in [0, 0.05) is 19.6 Å². The highest BCUT2D eigenvalue weighted by Crippen LogP contribution is 2.07. The zero-order valence-electron chi connectivity index (χ0n) is 12.1. The molecule has 0 saturated heterocycles. The Morgan fingerprint density at radius 3 is 1.32 bits per heavy atom. The number of carboxylic acid groups (broad SMARTS) is 2. The number of hydrogen-bond donors (Lipinski definition) is 5. The third-order valence-corrected chi connectivity index (χ3v) is 2.64. The first-order valence-electron chi connectivity index (χ1n) is 6.58. The van der Waals surface area contributed by atoms with Crippen molar-refractivity contribution in [2.75, 3.05) is 39.5 Å². The van der Waals surface area contributed by atoms with Gasteiger partial charge in [-0.2, -0.15) is 0 Å². The van der Waals surface area contributed by atoms with E-state index in [9.17, 15) is 9.59 Å². The van der Waals surface area contributed by atoms with Gasteiger partial charge in [0.15, 0.2) is 0 Å². The molecule has 1 rings (SSSR count). The highest BCUT2D eigenvalue weighted by Gasteiger charge is 2.13. The summed E-state index contributed by atoms with van der Waals surface area (Å²) in [5, 5.41) is 42.6. The zero-order chi connectivity index (χ0) is 17.0. The first-order valence-corrected chi connectivity index (χ1v) is 6.58. The van der Waals surface area contributed by atoms with E-state index in [1.165, 1.54) is 24.3 Å². The Bertz CT molecular complexity index is 417. The minimum Gasteiger partial charge on any atom is -0.478 e. The van der Waals surface area contributed by atoms with Gasteiger partial charge in [-0.25, -0.2) is 9.59 Å². The van der Waals surface area contributed by atoms with E-state index < -0.39 is 11.9 Å². The lowest BCUT2D eigenvalue weighted by Gasteiger charge is -2.17. The van der Waals surface area contributed by atoms with Crippen molar-refractivity contribution < 1.29 is 35.1 Å². The molecule has 0 aliphatic heterocycles. The third kappa shape index (κ3) is 7.70. The molecule has 0 fully saturated rings. The van der Waals surface area contributed by atoms with E-state index in [1.54, 1.807) is 4.90 Å². The highest BCUT2D eigenvalue weighted by atomic mass is 16.4. The Morgan fingerprint density at radius 2 is 1.09 bits per heavy atom. The maximum atomic E-state index is 10.5. The van der Waals surface area contributed by atoms with E-state index in [1.807, 2.05) is 0 Å². The van der Waals surface area contributed by atoms with Crippen LogP contribution < -0.4 is 0 Å². The summed E-state index contributed by atoms with van der Waals surface area (Å²) in [7, 11) is 0. The van der Waals surface area contributed by atoms with Crippen LogP contribution >= 0.6 is 0 Å². The molecule has 22 heavy (non-hydrogen) atoms. The standard InChI is InChI=1S/C8H6O4.C6H15NO3/c9-7(10)5-3-1-2-4-6(5)8(11)12;8-4-1-7(2-5-9)3-6-10/h1-4H,(H,9,10)(H,11,12);8-10H,1-6H2. The average Bonchev–Trinajstić information content (AvgIpc) is 2.48. The molecule has 5 N–H and O–H groups in total. The number of hydrogen-bond acceptors (Lipinski definition) is 6. The van der Waals surface area contributed by atoms with Gasteiger partial charge in [-0.05, 0) is 12.1 Å². The molecule has 0 spiro atoms. The molecule has 8 heteroatoms. The first kappa shape index (κ1) is 20.0. The molecule has 124 valence electrons. The Balaban J connectivity index is 0.000000409. The van der Waals surface area contributed by atoms with E-state index in [4.69, 9.17) is 25.5 Å². The van der Waals surface area contributed by atoms with Crippen LogP contribution in [0.4, 0.5) is 0 Å². The highest BCUT2D eigenvalue weighted by molar-refractivity contribution is 6.01. The normalized spacial score (nSPS) is 10.0. The van der Waals surface area contributed by atoms with E-state index >= 15 is 0 Å². The fourth-order valence-corrected chi connectivity index (χ4v) is 1.62. The van der Waals surface area contributed by atoms with Crippen LogP contribution in [-0.4, -0.2) is 81.8 Å². The second kappa shape index (κ2) is 11.6. The molecule has 0 atom stereocenters. The van der Waals surface area contributed by atoms with Crippen molar-refractivity contribution in [3.8, 4) is 0 Å². The van der Waals surface area contributed by atoms with Crippen molar-refractivity contribution in [1.82, 2.24) is 4.90 Å². The molecule has 8 nitrogen and oxygen atoms in total. The van der Waals surface area contributed by atoms with E-state index in [0.717, 1.165) is 0 Å². The second-order valence-electron chi connectivity index (χ2n) is 4.17. The molecule has 0 amide bonds. The van der Waals surface area contributed by atoms with Gasteiger partial charge in [0.1, 0.15) is 0 Å². The molecule has 0 bridgehead atoms. The fourth-order valence-electron chi connectivity index (χ4n) is 1.62. The summed E-state index contributed by atoms with van der Waals surface area (Å²) < 4.78 is 0.